The molecule has 1 fully saturated rings. The molecule has 1 aromatic heterocycles. The van der Waals surface area contributed by atoms with Crippen molar-refractivity contribution in [3.63, 3.8) is 0 Å². The van der Waals surface area contributed by atoms with E-state index in [9.17, 15) is 4.79 Å². The standard InChI is InChI=1S/C14H15NO2.C2H6/c1-9-3-6-12-10(7-9)8-13(17-12)14(16)15(2)11-4-5-11;1-2/h3,6-8,11H,4-5H2,1-2H3;1-2H3. The number of aryl methyl sites for hydroxylation is 1. The molecule has 0 aliphatic heterocycles. The second-order valence-corrected chi connectivity index (χ2v) is 4.80. The van der Waals surface area contributed by atoms with Gasteiger partial charge in [0, 0.05) is 18.5 Å². The van der Waals surface area contributed by atoms with Gasteiger partial charge in [0.05, 0.1) is 0 Å². The quantitative estimate of drug-likeness (QED) is 0.816. The van der Waals surface area contributed by atoms with Crippen LogP contribution < -0.4 is 0 Å². The van der Waals surface area contributed by atoms with E-state index in [1.54, 1.807) is 4.90 Å². The first-order valence-corrected chi connectivity index (χ1v) is 6.92. The Labute approximate surface area is 114 Å². The summed E-state index contributed by atoms with van der Waals surface area (Å²) in [6.07, 6.45) is 2.23. The summed E-state index contributed by atoms with van der Waals surface area (Å²) in [6, 6.07) is 8.19. The molecule has 1 aliphatic carbocycles. The molecule has 1 saturated carbocycles. The van der Waals surface area contributed by atoms with Crippen molar-refractivity contribution in [2.75, 3.05) is 7.05 Å². The number of benzene rings is 1. The smallest absolute Gasteiger partial charge is 0.289 e. The van der Waals surface area contributed by atoms with E-state index < -0.39 is 0 Å². The lowest BCUT2D eigenvalue weighted by molar-refractivity contribution is 0.0756. The van der Waals surface area contributed by atoms with E-state index in [1.807, 2.05) is 52.1 Å². The fourth-order valence-corrected chi connectivity index (χ4v) is 2.07. The van der Waals surface area contributed by atoms with Gasteiger partial charge in [-0.2, -0.15) is 0 Å². The number of fused-ring (bicyclic) bond motifs is 1. The van der Waals surface area contributed by atoms with Gasteiger partial charge in [-0.3, -0.25) is 4.79 Å². The highest BCUT2D eigenvalue weighted by molar-refractivity contribution is 5.96. The molecule has 102 valence electrons. The van der Waals surface area contributed by atoms with E-state index in [2.05, 4.69) is 0 Å². The molecule has 1 aromatic carbocycles. The minimum absolute atomic E-state index is 0.0126. The minimum atomic E-state index is -0.0126. The zero-order chi connectivity index (χ0) is 14.0. The van der Waals surface area contributed by atoms with Crippen LogP contribution in [-0.4, -0.2) is 23.9 Å². The number of furan rings is 1. The second-order valence-electron chi connectivity index (χ2n) is 4.80. The van der Waals surface area contributed by atoms with Crippen LogP contribution in [0.1, 0.15) is 42.8 Å². The summed E-state index contributed by atoms with van der Waals surface area (Å²) in [5.74, 6) is 0.432. The first kappa shape index (κ1) is 13.7. The molecule has 0 N–H and O–H groups in total. The van der Waals surface area contributed by atoms with Crippen molar-refractivity contribution in [3.05, 3.63) is 35.6 Å². The van der Waals surface area contributed by atoms with Gasteiger partial charge < -0.3 is 9.32 Å². The Bertz CT molecular complexity index is 581. The molecule has 1 heterocycles. The Balaban J connectivity index is 0.000000637. The fourth-order valence-electron chi connectivity index (χ4n) is 2.07. The fraction of sp³-hybridized carbons (Fsp3) is 0.438. The van der Waals surface area contributed by atoms with Crippen LogP contribution >= 0.6 is 0 Å². The summed E-state index contributed by atoms with van der Waals surface area (Å²) in [4.78, 5) is 13.9. The SMILES string of the molecule is CC.Cc1ccc2oc(C(=O)N(C)C3CC3)cc2c1. The summed E-state index contributed by atoms with van der Waals surface area (Å²) < 4.78 is 5.59. The van der Waals surface area contributed by atoms with Crippen molar-refractivity contribution < 1.29 is 9.21 Å². The predicted molar refractivity (Wildman–Crippen MR) is 77.4 cm³/mol. The number of hydrogen-bond donors (Lipinski definition) is 0. The summed E-state index contributed by atoms with van der Waals surface area (Å²) in [5, 5.41) is 0.998. The van der Waals surface area contributed by atoms with E-state index in [-0.39, 0.29) is 5.91 Å². The Morgan fingerprint density at radius 2 is 1.95 bits per heavy atom. The normalized spacial score (nSPS) is 13.9. The van der Waals surface area contributed by atoms with Crippen molar-refractivity contribution in [1.29, 1.82) is 0 Å². The summed E-state index contributed by atoms with van der Waals surface area (Å²) in [6.45, 7) is 6.03. The number of rotatable bonds is 2. The number of carbonyl (C=O) groups is 1. The molecule has 19 heavy (non-hydrogen) atoms. The van der Waals surface area contributed by atoms with Gasteiger partial charge in [-0.25, -0.2) is 0 Å². The average molecular weight is 259 g/mol. The molecule has 0 saturated heterocycles. The number of carbonyl (C=O) groups excluding carboxylic acids is 1. The van der Waals surface area contributed by atoms with Crippen molar-refractivity contribution in [3.8, 4) is 0 Å². The lowest BCUT2D eigenvalue weighted by Crippen LogP contribution is -2.28. The van der Waals surface area contributed by atoms with Gasteiger partial charge in [0.25, 0.3) is 5.91 Å². The van der Waals surface area contributed by atoms with Gasteiger partial charge in [0.1, 0.15) is 5.58 Å². The first-order valence-electron chi connectivity index (χ1n) is 6.92. The Morgan fingerprint density at radius 1 is 1.26 bits per heavy atom. The van der Waals surface area contributed by atoms with Crippen molar-refractivity contribution in [2.45, 2.75) is 39.7 Å². The molecule has 0 spiro atoms. The maximum absolute atomic E-state index is 12.1. The topological polar surface area (TPSA) is 33.5 Å². The minimum Gasteiger partial charge on any atom is -0.451 e. The van der Waals surface area contributed by atoms with Crippen LogP contribution in [0.4, 0.5) is 0 Å². The molecule has 0 bridgehead atoms. The van der Waals surface area contributed by atoms with E-state index in [1.165, 1.54) is 5.56 Å². The molecular formula is C16H21NO2. The third-order valence-corrected chi connectivity index (χ3v) is 3.30. The lowest BCUT2D eigenvalue weighted by Gasteiger charge is -2.13. The Hall–Kier alpha value is -1.77. The zero-order valence-corrected chi connectivity index (χ0v) is 12.1. The average Bonchev–Trinajstić information content (AvgIpc) is 3.19. The van der Waals surface area contributed by atoms with Gasteiger partial charge in [-0.15, -0.1) is 0 Å². The van der Waals surface area contributed by atoms with E-state index >= 15 is 0 Å². The first-order chi connectivity index (χ1) is 9.15. The van der Waals surface area contributed by atoms with Gasteiger partial charge in [-0.1, -0.05) is 25.5 Å². The summed E-state index contributed by atoms with van der Waals surface area (Å²) in [7, 11) is 1.85. The lowest BCUT2D eigenvalue weighted by atomic mass is 10.2. The second kappa shape index (κ2) is 5.47. The largest absolute Gasteiger partial charge is 0.451 e. The van der Waals surface area contributed by atoms with Gasteiger partial charge in [0.15, 0.2) is 5.76 Å². The van der Waals surface area contributed by atoms with E-state index in [0.717, 1.165) is 23.8 Å². The van der Waals surface area contributed by atoms with Crippen molar-refractivity contribution >= 4 is 16.9 Å². The molecule has 3 rings (SSSR count). The highest BCUT2D eigenvalue weighted by atomic mass is 16.3. The number of hydrogen-bond acceptors (Lipinski definition) is 2. The molecule has 2 aromatic rings. The Kier molecular flexibility index (Phi) is 3.93. The molecule has 1 aliphatic rings. The zero-order valence-electron chi connectivity index (χ0n) is 12.1. The van der Waals surface area contributed by atoms with Crippen LogP contribution in [0.25, 0.3) is 11.0 Å². The van der Waals surface area contributed by atoms with E-state index in [0.29, 0.717) is 11.8 Å². The number of amides is 1. The van der Waals surface area contributed by atoms with Crippen molar-refractivity contribution in [1.82, 2.24) is 4.90 Å². The van der Waals surface area contributed by atoms with Gasteiger partial charge in [0.2, 0.25) is 0 Å². The maximum Gasteiger partial charge on any atom is 0.289 e. The van der Waals surface area contributed by atoms with Crippen LogP contribution in [0.2, 0.25) is 0 Å². The summed E-state index contributed by atoms with van der Waals surface area (Å²) in [5.41, 5.74) is 1.95. The monoisotopic (exact) mass is 259 g/mol. The predicted octanol–water partition coefficient (Wildman–Crippen LogP) is 4.00. The van der Waals surface area contributed by atoms with Crippen LogP contribution in [0.5, 0.6) is 0 Å². The Morgan fingerprint density at radius 3 is 2.58 bits per heavy atom. The van der Waals surface area contributed by atoms with Crippen LogP contribution in [-0.2, 0) is 0 Å². The molecule has 0 radical (unpaired) electrons. The third-order valence-electron chi connectivity index (χ3n) is 3.30. The highest BCUT2D eigenvalue weighted by Gasteiger charge is 2.31. The maximum atomic E-state index is 12.1. The van der Waals surface area contributed by atoms with E-state index in [4.69, 9.17) is 4.42 Å². The third kappa shape index (κ3) is 2.80. The van der Waals surface area contributed by atoms with Crippen LogP contribution in [0.15, 0.2) is 28.7 Å². The molecule has 3 nitrogen and oxygen atoms in total. The molecule has 0 unspecified atom stereocenters. The number of nitrogens with zero attached hydrogens (tertiary/aromatic N) is 1. The van der Waals surface area contributed by atoms with Crippen molar-refractivity contribution in [2.24, 2.45) is 0 Å². The van der Waals surface area contributed by atoms with Gasteiger partial charge in [-0.05, 0) is 38.0 Å². The molecular weight excluding hydrogens is 238 g/mol. The van der Waals surface area contributed by atoms with Gasteiger partial charge >= 0.3 is 0 Å². The van der Waals surface area contributed by atoms with Crippen LogP contribution in [0.3, 0.4) is 0 Å². The highest BCUT2D eigenvalue weighted by Crippen LogP contribution is 2.28. The van der Waals surface area contributed by atoms with Crippen LogP contribution in [0, 0.1) is 6.92 Å². The summed E-state index contributed by atoms with van der Waals surface area (Å²) >= 11 is 0. The molecule has 1 amide bonds. The molecule has 3 heteroatoms. The molecule has 0 atom stereocenters.